The number of nitrogens with zero attached hydrogens (tertiary/aromatic N) is 1. The van der Waals surface area contributed by atoms with Gasteiger partial charge in [0.15, 0.2) is 0 Å². The molecule has 6 heteroatoms. The van der Waals surface area contributed by atoms with Crippen LogP contribution in [0.4, 0.5) is 5.69 Å². The predicted octanol–water partition coefficient (Wildman–Crippen LogP) is 2.80. The molecule has 1 amide bonds. The third-order valence-corrected chi connectivity index (χ3v) is 3.50. The summed E-state index contributed by atoms with van der Waals surface area (Å²) in [6.45, 7) is 4.01. The first-order valence-electron chi connectivity index (χ1n) is 7.24. The molecule has 2 aromatic rings. The fourth-order valence-electron chi connectivity index (χ4n) is 2.25. The molecule has 2 rings (SSSR count). The van der Waals surface area contributed by atoms with Crippen LogP contribution in [-0.2, 0) is 12.8 Å². The van der Waals surface area contributed by atoms with Gasteiger partial charge in [0.25, 0.3) is 5.91 Å². The summed E-state index contributed by atoms with van der Waals surface area (Å²) in [4.78, 5) is 12.6. The van der Waals surface area contributed by atoms with Gasteiger partial charge in [-0.05, 0) is 25.0 Å². The van der Waals surface area contributed by atoms with Crippen LogP contribution < -0.4 is 14.8 Å². The van der Waals surface area contributed by atoms with Gasteiger partial charge < -0.3 is 14.8 Å². The van der Waals surface area contributed by atoms with Crippen LogP contribution in [0.15, 0.2) is 18.2 Å². The second kappa shape index (κ2) is 6.98. The van der Waals surface area contributed by atoms with Crippen molar-refractivity contribution in [3.05, 3.63) is 35.2 Å². The maximum absolute atomic E-state index is 12.6. The summed E-state index contributed by atoms with van der Waals surface area (Å²) in [5.74, 6) is 0.877. The van der Waals surface area contributed by atoms with E-state index < -0.39 is 0 Å². The van der Waals surface area contributed by atoms with Crippen molar-refractivity contribution in [2.75, 3.05) is 19.5 Å². The molecule has 0 saturated heterocycles. The third kappa shape index (κ3) is 3.05. The number of nitrogens with one attached hydrogen (secondary N) is 2. The lowest BCUT2D eigenvalue weighted by atomic mass is 10.1. The van der Waals surface area contributed by atoms with E-state index in [9.17, 15) is 4.79 Å². The standard InChI is InChI=1S/C16H21N3O3/c1-5-12-15(13(6-2)19-18-12)17-16(20)11-8-7-10(21-3)9-14(11)22-4/h7-9H,5-6H2,1-4H3,(H,17,20)(H,18,19). The van der Waals surface area contributed by atoms with E-state index in [0.29, 0.717) is 17.1 Å². The molecule has 6 nitrogen and oxygen atoms in total. The van der Waals surface area contributed by atoms with Crippen molar-refractivity contribution >= 4 is 11.6 Å². The molecule has 0 spiro atoms. The van der Waals surface area contributed by atoms with Gasteiger partial charge in [0.1, 0.15) is 11.5 Å². The Balaban J connectivity index is 2.31. The van der Waals surface area contributed by atoms with Crippen LogP contribution in [-0.4, -0.2) is 30.3 Å². The van der Waals surface area contributed by atoms with E-state index >= 15 is 0 Å². The van der Waals surface area contributed by atoms with Crippen LogP contribution in [0.5, 0.6) is 11.5 Å². The Morgan fingerprint density at radius 3 is 2.59 bits per heavy atom. The number of aromatic nitrogens is 2. The van der Waals surface area contributed by atoms with Gasteiger partial charge in [-0.1, -0.05) is 13.8 Å². The summed E-state index contributed by atoms with van der Waals surface area (Å²) in [5.41, 5.74) is 2.97. The second-order valence-electron chi connectivity index (χ2n) is 4.75. The van der Waals surface area contributed by atoms with Crippen molar-refractivity contribution in [1.29, 1.82) is 0 Å². The molecule has 0 bridgehead atoms. The quantitative estimate of drug-likeness (QED) is 0.860. The van der Waals surface area contributed by atoms with E-state index in [1.165, 1.54) is 7.11 Å². The van der Waals surface area contributed by atoms with E-state index in [1.54, 1.807) is 25.3 Å². The van der Waals surface area contributed by atoms with Gasteiger partial charge in [-0.15, -0.1) is 0 Å². The zero-order valence-corrected chi connectivity index (χ0v) is 13.3. The van der Waals surface area contributed by atoms with Gasteiger partial charge >= 0.3 is 0 Å². The number of aromatic amines is 1. The summed E-state index contributed by atoms with van der Waals surface area (Å²) in [6.07, 6.45) is 1.51. The first-order valence-corrected chi connectivity index (χ1v) is 7.24. The molecular formula is C16H21N3O3. The van der Waals surface area contributed by atoms with Crippen molar-refractivity contribution in [1.82, 2.24) is 10.2 Å². The summed E-state index contributed by atoms with van der Waals surface area (Å²) in [5, 5.41) is 10.1. The van der Waals surface area contributed by atoms with Crippen molar-refractivity contribution in [3.63, 3.8) is 0 Å². The first kappa shape index (κ1) is 15.9. The molecule has 0 saturated carbocycles. The van der Waals surface area contributed by atoms with Crippen molar-refractivity contribution in [3.8, 4) is 11.5 Å². The summed E-state index contributed by atoms with van der Waals surface area (Å²) in [6, 6.07) is 5.10. The highest BCUT2D eigenvalue weighted by molar-refractivity contribution is 6.06. The number of methoxy groups -OCH3 is 2. The van der Waals surface area contributed by atoms with Gasteiger partial charge in [-0.25, -0.2) is 0 Å². The highest BCUT2D eigenvalue weighted by Gasteiger charge is 2.18. The van der Waals surface area contributed by atoms with Crippen LogP contribution in [0.2, 0.25) is 0 Å². The summed E-state index contributed by atoms with van der Waals surface area (Å²) in [7, 11) is 3.10. The maximum Gasteiger partial charge on any atom is 0.259 e. The third-order valence-electron chi connectivity index (χ3n) is 3.50. The lowest BCUT2D eigenvalue weighted by Crippen LogP contribution is -2.15. The highest BCUT2D eigenvalue weighted by atomic mass is 16.5. The minimum atomic E-state index is -0.231. The van der Waals surface area contributed by atoms with E-state index in [1.807, 2.05) is 13.8 Å². The Hall–Kier alpha value is -2.50. The number of H-pyrrole nitrogens is 1. The van der Waals surface area contributed by atoms with Crippen molar-refractivity contribution in [2.45, 2.75) is 26.7 Å². The van der Waals surface area contributed by atoms with E-state index in [0.717, 1.165) is 29.9 Å². The number of carbonyl (C=O) groups is 1. The van der Waals surface area contributed by atoms with Crippen LogP contribution in [0.25, 0.3) is 0 Å². The Kier molecular flexibility index (Phi) is 5.04. The summed E-state index contributed by atoms with van der Waals surface area (Å²) < 4.78 is 10.4. The largest absolute Gasteiger partial charge is 0.497 e. The average Bonchev–Trinajstić information content (AvgIpc) is 2.95. The molecule has 0 aliphatic heterocycles. The molecule has 1 aromatic heterocycles. The van der Waals surface area contributed by atoms with Crippen molar-refractivity contribution in [2.24, 2.45) is 0 Å². The predicted molar refractivity (Wildman–Crippen MR) is 84.8 cm³/mol. The van der Waals surface area contributed by atoms with Gasteiger partial charge in [0.05, 0.1) is 36.9 Å². The molecule has 0 aliphatic rings. The Morgan fingerprint density at radius 1 is 1.23 bits per heavy atom. The number of ether oxygens (including phenoxy) is 2. The number of anilines is 1. The molecule has 2 N–H and O–H groups in total. The zero-order chi connectivity index (χ0) is 16.1. The minimum Gasteiger partial charge on any atom is -0.497 e. The van der Waals surface area contributed by atoms with Gasteiger partial charge in [0.2, 0.25) is 0 Å². The van der Waals surface area contributed by atoms with Crippen LogP contribution in [0.1, 0.15) is 35.6 Å². The highest BCUT2D eigenvalue weighted by Crippen LogP contribution is 2.27. The van der Waals surface area contributed by atoms with E-state index in [4.69, 9.17) is 9.47 Å². The smallest absolute Gasteiger partial charge is 0.259 e. The maximum atomic E-state index is 12.6. The number of benzene rings is 1. The molecule has 0 atom stereocenters. The second-order valence-corrected chi connectivity index (χ2v) is 4.75. The minimum absolute atomic E-state index is 0.231. The fourth-order valence-corrected chi connectivity index (χ4v) is 2.25. The number of hydrogen-bond donors (Lipinski definition) is 2. The molecule has 118 valence electrons. The Morgan fingerprint density at radius 2 is 2.00 bits per heavy atom. The van der Waals surface area contributed by atoms with Gasteiger partial charge in [-0.2, -0.15) is 5.10 Å². The number of carbonyl (C=O) groups excluding carboxylic acids is 1. The van der Waals surface area contributed by atoms with E-state index in [2.05, 4.69) is 15.5 Å². The van der Waals surface area contributed by atoms with Gasteiger partial charge in [-0.3, -0.25) is 9.89 Å². The fraction of sp³-hybridized carbons (Fsp3) is 0.375. The molecule has 0 radical (unpaired) electrons. The molecule has 22 heavy (non-hydrogen) atoms. The molecule has 1 aromatic carbocycles. The SMILES string of the molecule is CCc1n[nH]c(CC)c1NC(=O)c1ccc(OC)cc1OC. The number of hydrogen-bond acceptors (Lipinski definition) is 4. The average molecular weight is 303 g/mol. The Bertz CT molecular complexity index is 643. The zero-order valence-electron chi connectivity index (χ0n) is 13.3. The number of aryl methyl sites for hydroxylation is 2. The first-order chi connectivity index (χ1) is 10.6. The van der Waals surface area contributed by atoms with Crippen molar-refractivity contribution < 1.29 is 14.3 Å². The molecular weight excluding hydrogens is 282 g/mol. The monoisotopic (exact) mass is 303 g/mol. The summed E-state index contributed by atoms with van der Waals surface area (Å²) >= 11 is 0. The van der Waals surface area contributed by atoms with Crippen LogP contribution in [0, 0.1) is 0 Å². The van der Waals surface area contributed by atoms with Crippen LogP contribution >= 0.6 is 0 Å². The lowest BCUT2D eigenvalue weighted by molar-refractivity contribution is 0.102. The number of amides is 1. The lowest BCUT2D eigenvalue weighted by Gasteiger charge is -2.11. The van der Waals surface area contributed by atoms with E-state index in [-0.39, 0.29) is 5.91 Å². The molecule has 0 unspecified atom stereocenters. The molecule has 0 fully saturated rings. The normalized spacial score (nSPS) is 10.4. The molecule has 1 heterocycles. The van der Waals surface area contributed by atoms with Crippen LogP contribution in [0.3, 0.4) is 0 Å². The Labute approximate surface area is 129 Å². The van der Waals surface area contributed by atoms with Gasteiger partial charge in [0, 0.05) is 6.07 Å². The molecule has 0 aliphatic carbocycles. The number of rotatable bonds is 6. The topological polar surface area (TPSA) is 76.2 Å².